The number of nitrogens with zero attached hydrogens (tertiary/aromatic N) is 1. The molecule has 0 fully saturated rings. The SMILES string of the molecule is CCc1c(CC)c(CC)c2c(c1CC)C(=N)N=C2c1sc(=O)[nH]c1S. The van der Waals surface area contributed by atoms with Crippen LogP contribution in [0.4, 0.5) is 0 Å². The van der Waals surface area contributed by atoms with Crippen LogP contribution in [0.25, 0.3) is 0 Å². The summed E-state index contributed by atoms with van der Waals surface area (Å²) in [5, 5.41) is 9.04. The highest BCUT2D eigenvalue weighted by Crippen LogP contribution is 2.37. The predicted molar refractivity (Wildman–Crippen MR) is 109 cm³/mol. The lowest BCUT2D eigenvalue weighted by atomic mass is 9.81. The standard InChI is InChI=1S/C19H23N3OS2/c1-5-9-10(6-2)12(8-4)14-13(11(9)7-3)15(21-17(14)20)16-18(24)22-19(23)25-16/h20,24H,5-8H2,1-4H3,(H,22,23). The van der Waals surface area contributed by atoms with Gasteiger partial charge < -0.3 is 4.98 Å². The molecule has 0 radical (unpaired) electrons. The maximum absolute atomic E-state index is 11.8. The molecule has 0 saturated carbocycles. The third kappa shape index (κ3) is 2.72. The minimum atomic E-state index is -0.141. The van der Waals surface area contributed by atoms with Crippen molar-refractivity contribution in [2.75, 3.05) is 0 Å². The largest absolute Gasteiger partial charge is 0.307 e. The minimum Gasteiger partial charge on any atom is -0.307 e. The van der Waals surface area contributed by atoms with Crippen LogP contribution >= 0.6 is 24.0 Å². The number of thiol groups is 1. The van der Waals surface area contributed by atoms with E-state index in [9.17, 15) is 4.79 Å². The zero-order valence-electron chi connectivity index (χ0n) is 15.0. The number of H-pyrrole nitrogens is 1. The first kappa shape index (κ1) is 18.1. The van der Waals surface area contributed by atoms with Gasteiger partial charge >= 0.3 is 4.87 Å². The van der Waals surface area contributed by atoms with Gasteiger partial charge in [0, 0.05) is 11.1 Å². The molecule has 4 nitrogen and oxygen atoms in total. The van der Waals surface area contributed by atoms with E-state index in [-0.39, 0.29) is 4.87 Å². The molecule has 132 valence electrons. The Hall–Kier alpha value is -1.66. The van der Waals surface area contributed by atoms with Gasteiger partial charge in [-0.3, -0.25) is 10.2 Å². The number of benzene rings is 1. The van der Waals surface area contributed by atoms with Gasteiger partial charge in [0.2, 0.25) is 0 Å². The maximum Gasteiger partial charge on any atom is 0.305 e. The van der Waals surface area contributed by atoms with Crippen LogP contribution in [-0.4, -0.2) is 16.5 Å². The molecule has 1 aliphatic rings. The first-order chi connectivity index (χ1) is 12.0. The van der Waals surface area contributed by atoms with Gasteiger partial charge in [-0.15, -0.1) is 12.6 Å². The zero-order valence-corrected chi connectivity index (χ0v) is 16.8. The molecule has 0 unspecified atom stereocenters. The maximum atomic E-state index is 11.8. The van der Waals surface area contributed by atoms with Gasteiger partial charge in [0.05, 0.1) is 15.6 Å². The molecule has 0 spiro atoms. The van der Waals surface area contributed by atoms with E-state index in [1.165, 1.54) is 22.3 Å². The van der Waals surface area contributed by atoms with Crippen molar-refractivity contribution in [1.29, 1.82) is 5.41 Å². The summed E-state index contributed by atoms with van der Waals surface area (Å²) in [6, 6.07) is 0. The number of rotatable bonds is 5. The number of aliphatic imine (C=N–C) groups is 1. The van der Waals surface area contributed by atoms with Crippen molar-refractivity contribution in [1.82, 2.24) is 4.98 Å². The Kier molecular flexibility index (Phi) is 5.02. The van der Waals surface area contributed by atoms with Crippen LogP contribution in [0.15, 0.2) is 14.8 Å². The molecule has 0 atom stereocenters. The molecule has 2 aromatic rings. The monoisotopic (exact) mass is 373 g/mol. The van der Waals surface area contributed by atoms with Crippen molar-refractivity contribution < 1.29 is 0 Å². The lowest BCUT2D eigenvalue weighted by Gasteiger charge is -2.22. The van der Waals surface area contributed by atoms with E-state index in [0.717, 1.165) is 58.7 Å². The quantitative estimate of drug-likeness (QED) is 0.677. The molecule has 25 heavy (non-hydrogen) atoms. The van der Waals surface area contributed by atoms with Crippen LogP contribution in [0, 0.1) is 5.41 Å². The summed E-state index contributed by atoms with van der Waals surface area (Å²) in [7, 11) is 0. The number of aromatic nitrogens is 1. The number of hydrogen-bond acceptors (Lipinski definition) is 4. The van der Waals surface area contributed by atoms with Crippen molar-refractivity contribution in [3.05, 3.63) is 47.9 Å². The average molecular weight is 374 g/mol. The Balaban J connectivity index is 2.42. The van der Waals surface area contributed by atoms with E-state index >= 15 is 0 Å². The minimum absolute atomic E-state index is 0.141. The Labute approximate surface area is 157 Å². The van der Waals surface area contributed by atoms with Gasteiger partial charge in [0.1, 0.15) is 0 Å². The molecule has 0 saturated heterocycles. The summed E-state index contributed by atoms with van der Waals surface area (Å²) >= 11 is 5.54. The van der Waals surface area contributed by atoms with Crippen LogP contribution in [0.5, 0.6) is 0 Å². The summed E-state index contributed by atoms with van der Waals surface area (Å²) in [4.78, 5) is 19.7. The van der Waals surface area contributed by atoms with E-state index in [0.29, 0.717) is 10.9 Å². The van der Waals surface area contributed by atoms with Crippen molar-refractivity contribution >= 4 is 35.5 Å². The van der Waals surface area contributed by atoms with Gasteiger partial charge in [-0.2, -0.15) is 0 Å². The van der Waals surface area contributed by atoms with E-state index < -0.39 is 0 Å². The Morgan fingerprint density at radius 3 is 1.92 bits per heavy atom. The van der Waals surface area contributed by atoms with Crippen molar-refractivity contribution in [3.8, 4) is 0 Å². The summed E-state index contributed by atoms with van der Waals surface area (Å²) in [6.07, 6.45) is 3.69. The summed E-state index contributed by atoms with van der Waals surface area (Å²) in [5.41, 5.74) is 7.99. The predicted octanol–water partition coefficient (Wildman–Crippen LogP) is 4.15. The second-order valence-corrected chi connectivity index (χ2v) is 7.51. The van der Waals surface area contributed by atoms with Crippen LogP contribution in [0.1, 0.15) is 66.0 Å². The number of nitrogens with one attached hydrogen (secondary N) is 2. The fourth-order valence-corrected chi connectivity index (χ4v) is 5.14. The molecule has 0 aliphatic carbocycles. The second-order valence-electron chi connectivity index (χ2n) is 6.08. The Morgan fingerprint density at radius 2 is 1.48 bits per heavy atom. The van der Waals surface area contributed by atoms with Gasteiger partial charge in [0.15, 0.2) is 5.84 Å². The fourth-order valence-electron chi connectivity index (χ4n) is 3.99. The third-order valence-corrected chi connectivity index (χ3v) is 6.28. The molecule has 2 heterocycles. The first-order valence-corrected chi connectivity index (χ1v) is 10.0. The van der Waals surface area contributed by atoms with Gasteiger partial charge in [-0.25, -0.2) is 4.99 Å². The lowest BCUT2D eigenvalue weighted by Crippen LogP contribution is -2.14. The molecule has 6 heteroatoms. The van der Waals surface area contributed by atoms with Crippen LogP contribution < -0.4 is 4.87 Å². The van der Waals surface area contributed by atoms with E-state index in [4.69, 9.17) is 5.41 Å². The molecule has 3 rings (SSSR count). The van der Waals surface area contributed by atoms with Crippen molar-refractivity contribution in [2.45, 2.75) is 58.4 Å². The summed E-state index contributed by atoms with van der Waals surface area (Å²) in [6.45, 7) is 8.67. The molecule has 1 aromatic carbocycles. The molecule has 2 N–H and O–H groups in total. The molecular weight excluding hydrogens is 350 g/mol. The fraction of sp³-hybridized carbons (Fsp3) is 0.421. The van der Waals surface area contributed by atoms with Crippen molar-refractivity contribution in [3.63, 3.8) is 0 Å². The normalized spacial score (nSPS) is 13.3. The van der Waals surface area contributed by atoms with Crippen LogP contribution in [0.2, 0.25) is 0 Å². The number of amidine groups is 1. The topological polar surface area (TPSA) is 69.1 Å². The molecule has 1 aromatic heterocycles. The Bertz CT molecular complexity index is 951. The second kappa shape index (κ2) is 6.92. The molecule has 0 bridgehead atoms. The first-order valence-electron chi connectivity index (χ1n) is 8.78. The third-order valence-electron chi connectivity index (χ3n) is 4.90. The number of fused-ring (bicyclic) bond motifs is 1. The highest BCUT2D eigenvalue weighted by atomic mass is 32.1. The number of hydrogen-bond donors (Lipinski definition) is 3. The Morgan fingerprint density at radius 1 is 0.960 bits per heavy atom. The zero-order chi connectivity index (χ0) is 18.3. The van der Waals surface area contributed by atoms with Crippen molar-refractivity contribution in [2.24, 2.45) is 4.99 Å². The van der Waals surface area contributed by atoms with E-state index in [1.54, 1.807) is 0 Å². The average Bonchev–Trinajstić information content (AvgIpc) is 3.11. The van der Waals surface area contributed by atoms with Crippen LogP contribution in [0.3, 0.4) is 0 Å². The molecule has 0 amide bonds. The highest BCUT2D eigenvalue weighted by Gasteiger charge is 2.32. The highest BCUT2D eigenvalue weighted by molar-refractivity contribution is 7.80. The van der Waals surface area contributed by atoms with Crippen LogP contribution in [-0.2, 0) is 25.7 Å². The summed E-state index contributed by atoms with van der Waals surface area (Å²) in [5.74, 6) is 0.308. The van der Waals surface area contributed by atoms with E-state index in [2.05, 4.69) is 50.3 Å². The van der Waals surface area contributed by atoms with Gasteiger partial charge in [-0.05, 0) is 47.9 Å². The smallest absolute Gasteiger partial charge is 0.305 e. The molecule has 1 aliphatic heterocycles. The molecular formula is C19H23N3OS2. The van der Waals surface area contributed by atoms with Gasteiger partial charge in [0.25, 0.3) is 0 Å². The number of thiazole rings is 1. The van der Waals surface area contributed by atoms with E-state index in [1.807, 2.05) is 0 Å². The summed E-state index contributed by atoms with van der Waals surface area (Å²) < 4.78 is 0. The number of aromatic amines is 1. The van der Waals surface area contributed by atoms with Gasteiger partial charge in [-0.1, -0.05) is 39.0 Å². The lowest BCUT2D eigenvalue weighted by molar-refractivity contribution is 0.939.